The Balaban J connectivity index is 2.05. The first-order chi connectivity index (χ1) is 8.60. The maximum atomic E-state index is 6.09. The molecule has 1 saturated heterocycles. The van der Waals surface area contributed by atoms with Gasteiger partial charge in [0.25, 0.3) is 0 Å². The molecular formula is C14H20Cl2N2. The molecule has 0 saturated carbocycles. The van der Waals surface area contributed by atoms with E-state index < -0.39 is 0 Å². The molecule has 2 rings (SSSR count). The van der Waals surface area contributed by atoms with Gasteiger partial charge < -0.3 is 10.2 Å². The summed E-state index contributed by atoms with van der Waals surface area (Å²) in [5.74, 6) is 0. The first kappa shape index (κ1) is 14.1. The number of rotatable bonds is 4. The van der Waals surface area contributed by atoms with Gasteiger partial charge in [0, 0.05) is 18.6 Å². The molecule has 1 aromatic rings. The summed E-state index contributed by atoms with van der Waals surface area (Å²) in [7, 11) is 2.17. The molecular weight excluding hydrogens is 267 g/mol. The van der Waals surface area contributed by atoms with Crippen LogP contribution in [0.15, 0.2) is 18.2 Å². The topological polar surface area (TPSA) is 15.3 Å². The van der Waals surface area contributed by atoms with Crippen LogP contribution in [0, 0.1) is 0 Å². The highest BCUT2D eigenvalue weighted by Crippen LogP contribution is 2.27. The Kier molecular flexibility index (Phi) is 4.91. The highest BCUT2D eigenvalue weighted by atomic mass is 35.5. The van der Waals surface area contributed by atoms with E-state index in [1.165, 1.54) is 18.5 Å². The Morgan fingerprint density at radius 2 is 2.17 bits per heavy atom. The molecule has 0 bridgehead atoms. The van der Waals surface area contributed by atoms with E-state index in [1.807, 2.05) is 12.1 Å². The lowest BCUT2D eigenvalue weighted by molar-refractivity contribution is 0.379. The average Bonchev–Trinajstić information content (AvgIpc) is 2.75. The number of likely N-dealkylation sites (N-methyl/N-ethyl adjacent to an activating group) is 1. The van der Waals surface area contributed by atoms with E-state index in [0.717, 1.165) is 13.0 Å². The minimum absolute atomic E-state index is 0.358. The van der Waals surface area contributed by atoms with Crippen molar-refractivity contribution in [2.45, 2.75) is 31.8 Å². The molecule has 2 nitrogen and oxygen atoms in total. The van der Waals surface area contributed by atoms with Crippen LogP contribution in [0.4, 0.5) is 0 Å². The van der Waals surface area contributed by atoms with E-state index in [0.29, 0.717) is 22.1 Å². The third-order valence-electron chi connectivity index (χ3n) is 3.58. The monoisotopic (exact) mass is 286 g/mol. The Labute approximate surface area is 119 Å². The number of nitrogens with one attached hydrogen (secondary N) is 1. The predicted octanol–water partition coefficient (Wildman–Crippen LogP) is 3.74. The van der Waals surface area contributed by atoms with Gasteiger partial charge in [0.2, 0.25) is 0 Å². The summed E-state index contributed by atoms with van der Waals surface area (Å²) in [6.07, 6.45) is 2.27. The summed E-state index contributed by atoms with van der Waals surface area (Å²) in [5.41, 5.74) is 1.22. The summed E-state index contributed by atoms with van der Waals surface area (Å²) in [4.78, 5) is 2.36. The summed E-state index contributed by atoms with van der Waals surface area (Å²) in [6.45, 7) is 4.49. The van der Waals surface area contributed by atoms with E-state index in [1.54, 1.807) is 0 Å². The number of likely N-dealkylation sites (tertiary alicyclic amines) is 1. The smallest absolute Gasteiger partial charge is 0.0595 e. The maximum absolute atomic E-state index is 6.09. The summed E-state index contributed by atoms with van der Waals surface area (Å²) in [6, 6.07) is 6.85. The lowest BCUT2D eigenvalue weighted by Gasteiger charge is -2.22. The van der Waals surface area contributed by atoms with Crippen molar-refractivity contribution in [3.05, 3.63) is 33.8 Å². The lowest BCUT2D eigenvalue weighted by atomic mass is 10.0. The Morgan fingerprint density at radius 1 is 1.39 bits per heavy atom. The molecule has 1 N–H and O–H groups in total. The van der Waals surface area contributed by atoms with Gasteiger partial charge in [-0.15, -0.1) is 0 Å². The number of hydrogen-bond donors (Lipinski definition) is 1. The van der Waals surface area contributed by atoms with E-state index >= 15 is 0 Å². The molecule has 0 aromatic heterocycles. The zero-order chi connectivity index (χ0) is 13.1. The molecule has 100 valence electrons. The Morgan fingerprint density at radius 3 is 2.72 bits per heavy atom. The van der Waals surface area contributed by atoms with Gasteiger partial charge in [-0.3, -0.25) is 0 Å². The van der Waals surface area contributed by atoms with Crippen molar-refractivity contribution in [2.75, 3.05) is 20.1 Å². The summed E-state index contributed by atoms with van der Waals surface area (Å²) >= 11 is 12.0. The fraction of sp³-hybridized carbons (Fsp3) is 0.571. The Hall–Kier alpha value is -0.280. The van der Waals surface area contributed by atoms with E-state index in [2.05, 4.69) is 30.3 Å². The maximum Gasteiger partial charge on any atom is 0.0595 e. The van der Waals surface area contributed by atoms with Crippen molar-refractivity contribution < 1.29 is 0 Å². The minimum atomic E-state index is 0.358. The van der Waals surface area contributed by atoms with Gasteiger partial charge in [0.15, 0.2) is 0 Å². The van der Waals surface area contributed by atoms with Gasteiger partial charge in [0.05, 0.1) is 10.0 Å². The van der Waals surface area contributed by atoms with Crippen molar-refractivity contribution in [1.29, 1.82) is 0 Å². The fourth-order valence-electron chi connectivity index (χ4n) is 2.53. The largest absolute Gasteiger partial charge is 0.306 e. The SMILES string of the molecule is CCC(NC1CCN(C)C1)c1ccc(Cl)c(Cl)c1. The first-order valence-corrected chi connectivity index (χ1v) is 7.25. The molecule has 0 radical (unpaired) electrons. The van der Waals surface area contributed by atoms with Crippen LogP contribution in [0.2, 0.25) is 10.0 Å². The number of benzene rings is 1. The molecule has 1 aromatic carbocycles. The van der Waals surface area contributed by atoms with E-state index in [4.69, 9.17) is 23.2 Å². The van der Waals surface area contributed by atoms with Crippen LogP contribution in [-0.4, -0.2) is 31.1 Å². The van der Waals surface area contributed by atoms with Crippen molar-refractivity contribution >= 4 is 23.2 Å². The van der Waals surface area contributed by atoms with Crippen LogP contribution in [-0.2, 0) is 0 Å². The van der Waals surface area contributed by atoms with Crippen LogP contribution >= 0.6 is 23.2 Å². The molecule has 4 heteroatoms. The standard InChI is InChI=1S/C14H20Cl2N2/c1-3-14(17-11-6-7-18(2)9-11)10-4-5-12(15)13(16)8-10/h4-5,8,11,14,17H,3,6-7,9H2,1-2H3. The van der Waals surface area contributed by atoms with Gasteiger partial charge in [-0.25, -0.2) is 0 Å². The van der Waals surface area contributed by atoms with E-state index in [9.17, 15) is 0 Å². The highest BCUT2D eigenvalue weighted by molar-refractivity contribution is 6.42. The first-order valence-electron chi connectivity index (χ1n) is 6.49. The third kappa shape index (κ3) is 3.39. The molecule has 0 spiro atoms. The molecule has 1 aliphatic rings. The third-order valence-corrected chi connectivity index (χ3v) is 4.32. The normalized spacial score (nSPS) is 22.3. The second-order valence-electron chi connectivity index (χ2n) is 5.05. The number of halogens is 2. The molecule has 1 heterocycles. The van der Waals surface area contributed by atoms with Crippen molar-refractivity contribution in [1.82, 2.24) is 10.2 Å². The molecule has 0 amide bonds. The lowest BCUT2D eigenvalue weighted by Crippen LogP contribution is -2.34. The van der Waals surface area contributed by atoms with Crippen LogP contribution < -0.4 is 5.32 Å². The molecule has 2 unspecified atom stereocenters. The Bertz CT molecular complexity index is 409. The average molecular weight is 287 g/mol. The molecule has 0 aliphatic carbocycles. The molecule has 1 fully saturated rings. The minimum Gasteiger partial charge on any atom is -0.306 e. The second-order valence-corrected chi connectivity index (χ2v) is 5.86. The van der Waals surface area contributed by atoms with Gasteiger partial charge in [-0.05, 0) is 44.1 Å². The van der Waals surface area contributed by atoms with Crippen molar-refractivity contribution in [2.24, 2.45) is 0 Å². The van der Waals surface area contributed by atoms with Crippen LogP contribution in [0.3, 0.4) is 0 Å². The van der Waals surface area contributed by atoms with E-state index in [-0.39, 0.29) is 0 Å². The van der Waals surface area contributed by atoms with Gasteiger partial charge in [-0.2, -0.15) is 0 Å². The quantitative estimate of drug-likeness (QED) is 0.907. The number of nitrogens with zero attached hydrogens (tertiary/aromatic N) is 1. The van der Waals surface area contributed by atoms with Crippen molar-refractivity contribution in [3.8, 4) is 0 Å². The highest BCUT2D eigenvalue weighted by Gasteiger charge is 2.22. The van der Waals surface area contributed by atoms with Gasteiger partial charge in [0.1, 0.15) is 0 Å². The molecule has 2 atom stereocenters. The fourth-order valence-corrected chi connectivity index (χ4v) is 2.84. The zero-order valence-electron chi connectivity index (χ0n) is 10.9. The van der Waals surface area contributed by atoms with Crippen LogP contribution in [0.1, 0.15) is 31.4 Å². The molecule has 1 aliphatic heterocycles. The van der Waals surface area contributed by atoms with Gasteiger partial charge >= 0.3 is 0 Å². The summed E-state index contributed by atoms with van der Waals surface area (Å²) in [5, 5.41) is 4.97. The van der Waals surface area contributed by atoms with Crippen LogP contribution in [0.25, 0.3) is 0 Å². The second kappa shape index (κ2) is 6.25. The summed E-state index contributed by atoms with van der Waals surface area (Å²) < 4.78 is 0. The predicted molar refractivity (Wildman–Crippen MR) is 78.5 cm³/mol. The van der Waals surface area contributed by atoms with Gasteiger partial charge in [-0.1, -0.05) is 36.2 Å². The van der Waals surface area contributed by atoms with Crippen molar-refractivity contribution in [3.63, 3.8) is 0 Å². The van der Waals surface area contributed by atoms with Crippen LogP contribution in [0.5, 0.6) is 0 Å². The number of hydrogen-bond acceptors (Lipinski definition) is 2. The zero-order valence-corrected chi connectivity index (χ0v) is 12.4. The molecule has 18 heavy (non-hydrogen) atoms.